The van der Waals surface area contributed by atoms with Gasteiger partial charge in [-0.2, -0.15) is 0 Å². The van der Waals surface area contributed by atoms with E-state index < -0.39 is 5.92 Å². The number of carbonyl (C=O) groups is 1. The van der Waals surface area contributed by atoms with E-state index in [4.69, 9.17) is 4.18 Å². The molecule has 0 fully saturated rings. The Balaban J connectivity index is 3.36. The summed E-state index contributed by atoms with van der Waals surface area (Å²) in [5.41, 5.74) is 0. The van der Waals surface area contributed by atoms with Gasteiger partial charge in [0.1, 0.15) is 0 Å². The molecule has 0 aliphatic carbocycles. The summed E-state index contributed by atoms with van der Waals surface area (Å²) in [6.45, 7) is 3.54. The Bertz CT molecular complexity index is 211. The fraction of sp³-hybridized carbons (Fsp3) is 0.917. The van der Waals surface area contributed by atoms with Gasteiger partial charge < -0.3 is 4.18 Å². The first kappa shape index (κ1) is 16.7. The molecule has 0 unspecified atom stereocenters. The second-order valence-electron chi connectivity index (χ2n) is 4.05. The molecule has 0 spiro atoms. The van der Waals surface area contributed by atoms with E-state index in [0.717, 1.165) is 31.3 Å². The van der Waals surface area contributed by atoms with Gasteiger partial charge in [0.25, 0.3) is 0 Å². The molecule has 0 N–H and O–H groups in total. The van der Waals surface area contributed by atoms with Gasteiger partial charge in [0, 0.05) is 25.0 Å². The summed E-state index contributed by atoms with van der Waals surface area (Å²) in [6, 6.07) is 0. The quantitative estimate of drug-likeness (QED) is 0.428. The minimum atomic E-state index is -2.58. The van der Waals surface area contributed by atoms with Gasteiger partial charge in [-0.05, 0) is 12.8 Å². The third kappa shape index (κ3) is 10.5. The Kier molecular flexibility index (Phi) is 9.50. The van der Waals surface area contributed by atoms with Crippen molar-refractivity contribution in [1.29, 1.82) is 0 Å². The number of halogens is 2. The molecule has 5 heteroatoms. The highest BCUT2D eigenvalue weighted by molar-refractivity contribution is 7.95. The van der Waals surface area contributed by atoms with Gasteiger partial charge >= 0.3 is 5.97 Å². The lowest BCUT2D eigenvalue weighted by Gasteiger charge is -2.12. The minimum absolute atomic E-state index is 0.130. The molecule has 0 aromatic rings. The van der Waals surface area contributed by atoms with Crippen LogP contribution in [0.1, 0.15) is 58.8 Å². The number of carbonyl (C=O) groups excluding carboxylic acids is 1. The van der Waals surface area contributed by atoms with Crippen molar-refractivity contribution in [1.82, 2.24) is 0 Å². The highest BCUT2D eigenvalue weighted by Gasteiger charge is 2.24. The van der Waals surface area contributed by atoms with E-state index in [1.807, 2.05) is 0 Å². The van der Waals surface area contributed by atoms with Crippen LogP contribution in [-0.4, -0.2) is 17.6 Å². The number of alkyl halides is 2. The monoisotopic (exact) mass is 268 g/mol. The lowest BCUT2D eigenvalue weighted by molar-refractivity contribution is -0.133. The van der Waals surface area contributed by atoms with E-state index >= 15 is 0 Å². The van der Waals surface area contributed by atoms with Crippen LogP contribution < -0.4 is 0 Å². The van der Waals surface area contributed by atoms with Crippen LogP contribution in [0.15, 0.2) is 0 Å². The van der Waals surface area contributed by atoms with Crippen LogP contribution in [0.3, 0.4) is 0 Å². The lowest BCUT2D eigenvalue weighted by Crippen LogP contribution is -2.14. The van der Waals surface area contributed by atoms with Crippen molar-refractivity contribution >= 4 is 18.0 Å². The van der Waals surface area contributed by atoms with Crippen LogP contribution in [0.4, 0.5) is 8.78 Å². The predicted octanol–water partition coefficient (Wildman–Crippen LogP) is 4.58. The molecule has 0 aromatic heterocycles. The Morgan fingerprint density at radius 3 is 2.53 bits per heavy atom. The molecule has 0 radical (unpaired) electrons. The molecule has 0 aliphatic heterocycles. The Hall–Kier alpha value is -0.320. The summed E-state index contributed by atoms with van der Waals surface area (Å²) < 4.78 is 30.5. The Morgan fingerprint density at radius 2 is 1.94 bits per heavy atom. The van der Waals surface area contributed by atoms with Crippen LogP contribution >= 0.6 is 12.0 Å². The van der Waals surface area contributed by atoms with Gasteiger partial charge in [0.15, 0.2) is 0 Å². The average Bonchev–Trinajstić information content (AvgIpc) is 2.29. The lowest BCUT2D eigenvalue weighted by atomic mass is 10.1. The van der Waals surface area contributed by atoms with Gasteiger partial charge in [0.05, 0.1) is 12.0 Å². The fourth-order valence-electron chi connectivity index (χ4n) is 1.23. The maximum Gasteiger partial charge on any atom is 0.317 e. The molecule has 17 heavy (non-hydrogen) atoms. The van der Waals surface area contributed by atoms with Crippen LogP contribution in [-0.2, 0) is 8.98 Å². The van der Waals surface area contributed by atoms with E-state index in [-0.39, 0.29) is 18.8 Å². The van der Waals surface area contributed by atoms with Gasteiger partial charge in [0.2, 0.25) is 5.92 Å². The smallest absolute Gasteiger partial charge is 0.317 e. The second-order valence-corrected chi connectivity index (χ2v) is 4.86. The first-order valence-electron chi connectivity index (χ1n) is 6.22. The molecule has 0 bridgehead atoms. The molecule has 0 amide bonds. The Labute approximate surface area is 107 Å². The maximum absolute atomic E-state index is 12.8. The summed E-state index contributed by atoms with van der Waals surface area (Å²) in [5.74, 6) is -2.38. The van der Waals surface area contributed by atoms with Crippen LogP contribution in [0.5, 0.6) is 0 Å². The van der Waals surface area contributed by atoms with Crippen molar-refractivity contribution < 1.29 is 17.8 Å². The molecule has 0 aromatic carbocycles. The zero-order valence-electron chi connectivity index (χ0n) is 10.6. The minimum Gasteiger partial charge on any atom is -0.391 e. The normalized spacial score (nSPS) is 11.5. The maximum atomic E-state index is 12.8. The van der Waals surface area contributed by atoms with E-state index in [0.29, 0.717) is 18.6 Å². The molecular weight excluding hydrogens is 246 g/mol. The molecule has 0 aliphatic rings. The van der Waals surface area contributed by atoms with Crippen LogP contribution in [0, 0.1) is 0 Å². The number of hydrogen-bond acceptors (Lipinski definition) is 3. The van der Waals surface area contributed by atoms with Crippen molar-refractivity contribution in [2.45, 2.75) is 64.7 Å². The van der Waals surface area contributed by atoms with Crippen molar-refractivity contribution in [2.24, 2.45) is 0 Å². The largest absolute Gasteiger partial charge is 0.391 e. The van der Waals surface area contributed by atoms with Crippen molar-refractivity contribution in [2.75, 3.05) is 5.75 Å². The van der Waals surface area contributed by atoms with Crippen molar-refractivity contribution in [3.8, 4) is 0 Å². The average molecular weight is 268 g/mol. The highest BCUT2D eigenvalue weighted by atomic mass is 32.2. The van der Waals surface area contributed by atoms with Gasteiger partial charge in [-0.15, -0.1) is 0 Å². The fourth-order valence-corrected chi connectivity index (χ4v) is 1.80. The van der Waals surface area contributed by atoms with Crippen LogP contribution in [0.25, 0.3) is 0 Å². The third-order valence-electron chi connectivity index (χ3n) is 2.42. The van der Waals surface area contributed by atoms with Crippen molar-refractivity contribution in [3.63, 3.8) is 0 Å². The molecule has 0 saturated carbocycles. The molecule has 0 saturated heterocycles. The van der Waals surface area contributed by atoms with Gasteiger partial charge in [-0.25, -0.2) is 8.78 Å². The first-order valence-corrected chi connectivity index (χ1v) is 7.13. The standard InChI is InChI=1S/C12H22F2O2S/c1-3-5-6-8-11(15)16-17-10-7-9-12(13,14)4-2/h3-10H2,1-2H3. The van der Waals surface area contributed by atoms with E-state index in [2.05, 4.69) is 6.92 Å². The summed E-state index contributed by atoms with van der Waals surface area (Å²) in [6.07, 6.45) is 3.44. The van der Waals surface area contributed by atoms with E-state index in [1.165, 1.54) is 6.92 Å². The summed E-state index contributed by atoms with van der Waals surface area (Å²) >= 11 is 0.988. The van der Waals surface area contributed by atoms with Gasteiger partial charge in [-0.3, -0.25) is 4.79 Å². The second kappa shape index (κ2) is 9.68. The zero-order chi connectivity index (χ0) is 13.1. The molecule has 0 heterocycles. The van der Waals surface area contributed by atoms with Crippen molar-refractivity contribution in [3.05, 3.63) is 0 Å². The predicted molar refractivity (Wildman–Crippen MR) is 67.2 cm³/mol. The SMILES string of the molecule is CCCCCC(=O)OSCCCC(F)(F)CC. The molecule has 2 nitrogen and oxygen atoms in total. The number of unbranched alkanes of at least 4 members (excludes halogenated alkanes) is 2. The zero-order valence-corrected chi connectivity index (χ0v) is 11.5. The number of rotatable bonds is 10. The highest BCUT2D eigenvalue weighted by Crippen LogP contribution is 2.25. The molecule has 102 valence electrons. The summed E-state index contributed by atoms with van der Waals surface area (Å²) in [7, 11) is 0. The molecule has 0 rings (SSSR count). The number of hydrogen-bond donors (Lipinski definition) is 0. The third-order valence-corrected chi connectivity index (χ3v) is 3.18. The Morgan fingerprint density at radius 1 is 1.24 bits per heavy atom. The van der Waals surface area contributed by atoms with Gasteiger partial charge in [-0.1, -0.05) is 26.7 Å². The molecule has 0 atom stereocenters. The topological polar surface area (TPSA) is 26.3 Å². The van der Waals surface area contributed by atoms with Crippen LogP contribution in [0.2, 0.25) is 0 Å². The molecular formula is C12H22F2O2S. The summed E-state index contributed by atoms with van der Waals surface area (Å²) in [5, 5.41) is 0. The van der Waals surface area contributed by atoms with E-state index in [1.54, 1.807) is 0 Å². The summed E-state index contributed by atoms with van der Waals surface area (Å²) in [4.78, 5) is 11.1. The van der Waals surface area contributed by atoms with E-state index in [9.17, 15) is 13.6 Å². The first-order chi connectivity index (χ1) is 8.02.